The van der Waals surface area contributed by atoms with Gasteiger partial charge in [0.15, 0.2) is 6.29 Å². The Labute approximate surface area is 336 Å². The first kappa shape index (κ1) is 40.0. The number of benzene rings is 5. The van der Waals surface area contributed by atoms with Crippen molar-refractivity contribution in [2.24, 2.45) is 7.05 Å². The van der Waals surface area contributed by atoms with E-state index in [0.29, 0.717) is 17.3 Å². The number of hydrogen-bond donors (Lipinski definition) is 3. The number of carbonyl (C=O) groups excluding carboxylic acids is 1. The minimum atomic E-state index is -3.98. The molecule has 1 aliphatic heterocycles. The number of aliphatic hydroxyl groups excluding tert-OH is 1. The van der Waals surface area contributed by atoms with Crippen molar-refractivity contribution >= 4 is 27.7 Å². The van der Waals surface area contributed by atoms with Crippen molar-refractivity contribution in [1.29, 1.82) is 0 Å². The molecule has 1 amide bonds. The number of hydrogen-bond acceptors (Lipinski definition) is 10. The molecule has 1 saturated heterocycles. The fourth-order valence-corrected chi connectivity index (χ4v) is 8.69. The van der Waals surface area contributed by atoms with Crippen LogP contribution in [-0.2, 0) is 50.9 Å². The summed E-state index contributed by atoms with van der Waals surface area (Å²) in [5.41, 5.74) is 7.15. The van der Waals surface area contributed by atoms with E-state index in [2.05, 4.69) is 25.6 Å². The van der Waals surface area contributed by atoms with Gasteiger partial charge in [0.1, 0.15) is 6.04 Å². The van der Waals surface area contributed by atoms with E-state index in [4.69, 9.17) is 9.47 Å². The molecule has 14 heteroatoms. The summed E-state index contributed by atoms with van der Waals surface area (Å²) in [6.07, 6.45) is -0.236. The average Bonchev–Trinajstić information content (AvgIpc) is 3.66. The van der Waals surface area contributed by atoms with Crippen molar-refractivity contribution in [1.82, 2.24) is 30.2 Å². The van der Waals surface area contributed by atoms with Crippen molar-refractivity contribution in [3.05, 3.63) is 161 Å². The van der Waals surface area contributed by atoms with Gasteiger partial charge in [-0.15, -0.1) is 5.10 Å². The van der Waals surface area contributed by atoms with Gasteiger partial charge in [-0.3, -0.25) is 4.79 Å². The summed E-state index contributed by atoms with van der Waals surface area (Å²) in [6.45, 7) is 2.03. The Morgan fingerprint density at radius 2 is 1.58 bits per heavy atom. The Bertz CT molecular complexity index is 2360. The molecule has 1 aromatic heterocycles. The molecule has 3 N–H and O–H groups in total. The predicted molar refractivity (Wildman–Crippen MR) is 217 cm³/mol. The molecule has 1 aliphatic rings. The molecule has 57 heavy (non-hydrogen) atoms. The van der Waals surface area contributed by atoms with Gasteiger partial charge in [0, 0.05) is 31.3 Å². The first-order valence-corrected chi connectivity index (χ1v) is 21.1. The van der Waals surface area contributed by atoms with Crippen LogP contribution in [0.5, 0.6) is 0 Å². The lowest BCUT2D eigenvalue weighted by Gasteiger charge is -2.36. The van der Waals surface area contributed by atoms with E-state index in [0.717, 1.165) is 44.5 Å². The first-order chi connectivity index (χ1) is 27.6. The Morgan fingerprint density at radius 3 is 2.28 bits per heavy atom. The molecule has 0 bridgehead atoms. The predicted octanol–water partition coefficient (Wildman–Crippen LogP) is 6.22. The van der Waals surface area contributed by atoms with Gasteiger partial charge in [0.25, 0.3) is 0 Å². The summed E-state index contributed by atoms with van der Waals surface area (Å²) < 4.78 is 44.2. The van der Waals surface area contributed by atoms with E-state index in [-0.39, 0.29) is 36.7 Å². The van der Waals surface area contributed by atoms with Gasteiger partial charge in [0.05, 0.1) is 23.7 Å². The number of carbonyl (C=O) groups is 1. The summed E-state index contributed by atoms with van der Waals surface area (Å²) in [7, 11) is -2.18. The summed E-state index contributed by atoms with van der Waals surface area (Å²) in [5, 5.41) is 25.0. The van der Waals surface area contributed by atoms with Crippen LogP contribution in [-0.4, -0.2) is 57.5 Å². The van der Waals surface area contributed by atoms with E-state index in [1.54, 1.807) is 23.9 Å². The fourth-order valence-electron chi connectivity index (χ4n) is 6.63. The number of thioether (sulfide) groups is 1. The number of nitrogens with one attached hydrogen (secondary N) is 2. The molecule has 4 atom stereocenters. The van der Waals surface area contributed by atoms with Crippen LogP contribution in [0.3, 0.4) is 0 Å². The molecule has 7 rings (SSSR count). The number of tetrazole rings is 1. The highest BCUT2D eigenvalue weighted by molar-refractivity contribution is 7.99. The number of aromatic nitrogens is 4. The third-order valence-corrected chi connectivity index (χ3v) is 12.4. The lowest BCUT2D eigenvalue weighted by Crippen LogP contribution is -2.47. The normalized spacial score (nSPS) is 17.6. The quantitative estimate of drug-likeness (QED) is 0.102. The van der Waals surface area contributed by atoms with Crippen molar-refractivity contribution in [3.63, 3.8) is 0 Å². The highest BCUT2D eigenvalue weighted by Crippen LogP contribution is 2.40. The van der Waals surface area contributed by atoms with E-state index in [9.17, 15) is 18.3 Å². The number of rotatable bonds is 15. The van der Waals surface area contributed by atoms with Crippen LogP contribution < -0.4 is 10.0 Å². The second kappa shape index (κ2) is 18.4. The number of amides is 1. The molecular weight excluding hydrogens is 761 g/mol. The van der Waals surface area contributed by atoms with Gasteiger partial charge < -0.3 is 19.9 Å². The second-order valence-corrected chi connectivity index (χ2v) is 16.6. The topological polar surface area (TPSA) is 158 Å². The van der Waals surface area contributed by atoms with Gasteiger partial charge in [-0.2, -0.15) is 4.72 Å². The average molecular weight is 805 g/mol. The molecule has 0 radical (unpaired) electrons. The maximum absolute atomic E-state index is 13.8. The van der Waals surface area contributed by atoms with Crippen molar-refractivity contribution in [3.8, 4) is 11.1 Å². The number of nitrogens with zero attached hydrogens (tertiary/aromatic N) is 4. The smallest absolute Gasteiger partial charge is 0.241 e. The lowest BCUT2D eigenvalue weighted by molar-refractivity contribution is -0.245. The Kier molecular flexibility index (Phi) is 12.9. The molecule has 0 spiro atoms. The first-order valence-electron chi connectivity index (χ1n) is 18.6. The number of aliphatic hydroxyl groups is 1. The van der Waals surface area contributed by atoms with Gasteiger partial charge in [0.2, 0.25) is 21.1 Å². The molecule has 6 aromatic rings. The molecule has 2 heterocycles. The minimum absolute atomic E-state index is 0.0325. The summed E-state index contributed by atoms with van der Waals surface area (Å²) in [6, 6.07) is 38.4. The van der Waals surface area contributed by atoms with Crippen molar-refractivity contribution < 1.29 is 27.8 Å². The molecule has 0 saturated carbocycles. The van der Waals surface area contributed by atoms with Crippen LogP contribution in [0.1, 0.15) is 52.2 Å². The van der Waals surface area contributed by atoms with Gasteiger partial charge in [-0.05, 0) is 69.3 Å². The van der Waals surface area contributed by atoms with Crippen LogP contribution in [0, 0.1) is 6.92 Å². The highest BCUT2D eigenvalue weighted by Gasteiger charge is 2.33. The number of ether oxygens (including phenoxy) is 2. The number of aryl methyl sites for hydroxylation is 2. The van der Waals surface area contributed by atoms with E-state index in [1.807, 2.05) is 110 Å². The maximum Gasteiger partial charge on any atom is 0.241 e. The van der Waals surface area contributed by atoms with Crippen LogP contribution in [0.25, 0.3) is 11.1 Å². The zero-order valence-corrected chi connectivity index (χ0v) is 33.2. The third kappa shape index (κ3) is 10.2. The van der Waals surface area contributed by atoms with Crippen LogP contribution in [0.2, 0.25) is 0 Å². The van der Waals surface area contributed by atoms with Crippen LogP contribution in [0.4, 0.5) is 0 Å². The second-order valence-electron chi connectivity index (χ2n) is 13.9. The van der Waals surface area contributed by atoms with Gasteiger partial charge >= 0.3 is 0 Å². The lowest BCUT2D eigenvalue weighted by atomic mass is 9.97. The standard InChI is InChI=1S/C43H44N6O6S2/c1-29-12-22-37(23-13-29)57(52,53)46-39(24-30-8-4-3-5-9-30)41(51)44-26-35-10-6-7-11-38(35)32-18-20-34(21-19-32)42-54-36(28-56-43-45-47-48-49(43)2)25-40(55-42)33-16-14-31(27-50)15-17-33/h3-23,36,39-40,42,46,50H,24-28H2,1-2H3,(H,44,51)/t36-,39-,40+,42+/m1/s1. The zero-order valence-electron chi connectivity index (χ0n) is 31.6. The summed E-state index contributed by atoms with van der Waals surface area (Å²) in [5.74, 6) is 0.186. The molecular formula is C43H44N6O6S2. The van der Waals surface area contributed by atoms with Gasteiger partial charge in [-0.1, -0.05) is 133 Å². The van der Waals surface area contributed by atoms with E-state index < -0.39 is 28.3 Å². The SMILES string of the molecule is Cc1ccc(S(=O)(=O)N[C@H](Cc2ccccc2)C(=O)NCc2ccccc2-c2ccc([C@H]3O[C@@H](CSc4nnnn4C)C[C@@H](c4ccc(CO)cc4)O3)cc2)cc1. The van der Waals surface area contributed by atoms with Crippen LogP contribution >= 0.6 is 11.8 Å². The maximum atomic E-state index is 13.8. The summed E-state index contributed by atoms with van der Waals surface area (Å²) >= 11 is 1.52. The van der Waals surface area contributed by atoms with Crippen LogP contribution in [0.15, 0.2) is 137 Å². The number of sulfonamides is 1. The molecule has 12 nitrogen and oxygen atoms in total. The molecule has 294 valence electrons. The Morgan fingerprint density at radius 1 is 0.877 bits per heavy atom. The molecule has 0 unspecified atom stereocenters. The van der Waals surface area contributed by atoms with E-state index >= 15 is 0 Å². The summed E-state index contributed by atoms with van der Waals surface area (Å²) in [4.78, 5) is 13.9. The zero-order chi connectivity index (χ0) is 39.8. The highest BCUT2D eigenvalue weighted by atomic mass is 32.2. The Hall–Kier alpha value is -5.22. The van der Waals surface area contributed by atoms with Crippen molar-refractivity contribution in [2.75, 3.05) is 5.75 Å². The molecule has 1 fully saturated rings. The minimum Gasteiger partial charge on any atom is -0.392 e. The largest absolute Gasteiger partial charge is 0.392 e. The van der Waals surface area contributed by atoms with E-state index in [1.165, 1.54) is 23.9 Å². The Balaban J connectivity index is 1.07. The van der Waals surface area contributed by atoms with Crippen molar-refractivity contribution in [2.45, 2.75) is 67.5 Å². The molecule has 0 aliphatic carbocycles. The molecule has 5 aromatic carbocycles. The fraction of sp³-hybridized carbons (Fsp3) is 0.256. The van der Waals surface area contributed by atoms with Gasteiger partial charge in [-0.25, -0.2) is 13.1 Å². The monoisotopic (exact) mass is 804 g/mol. The third-order valence-electron chi connectivity index (χ3n) is 9.79.